The van der Waals surface area contributed by atoms with Gasteiger partial charge >= 0.3 is 0 Å². The molecule has 0 aromatic carbocycles. The van der Waals surface area contributed by atoms with Crippen molar-refractivity contribution in [1.82, 2.24) is 5.32 Å². The Bertz CT molecular complexity index is 133. The lowest BCUT2D eigenvalue weighted by Gasteiger charge is -2.00. The summed E-state index contributed by atoms with van der Waals surface area (Å²) in [5, 5.41) is 2.66. The van der Waals surface area contributed by atoms with E-state index in [1.807, 2.05) is 0 Å². The van der Waals surface area contributed by atoms with Gasteiger partial charge in [-0.05, 0) is 0 Å². The van der Waals surface area contributed by atoms with Crippen LogP contribution in [0.25, 0.3) is 0 Å². The number of alkyl halides is 1. The maximum Gasteiger partial charge on any atom is 0.234 e. The van der Waals surface area contributed by atoms with Gasteiger partial charge in [0.2, 0.25) is 5.91 Å². The first kappa shape index (κ1) is 9.65. The van der Waals surface area contributed by atoms with Gasteiger partial charge in [-0.15, -0.1) is 12.4 Å². The van der Waals surface area contributed by atoms with Crippen molar-refractivity contribution in [1.29, 1.82) is 0 Å². The van der Waals surface area contributed by atoms with E-state index in [1.54, 1.807) is 0 Å². The minimum Gasteiger partial charge on any atom is -0.368 e. The van der Waals surface area contributed by atoms with Gasteiger partial charge in [0.05, 0.1) is 6.04 Å². The quantitative estimate of drug-likeness (QED) is 0.560. The highest BCUT2D eigenvalue weighted by Crippen LogP contribution is 2.08. The van der Waals surface area contributed by atoms with Crippen LogP contribution in [0.5, 0.6) is 0 Å². The third-order valence-corrected chi connectivity index (χ3v) is 1.42. The van der Waals surface area contributed by atoms with E-state index in [0.717, 1.165) is 0 Å². The van der Waals surface area contributed by atoms with Crippen molar-refractivity contribution in [3.63, 3.8) is 0 Å². The van der Waals surface area contributed by atoms with Crippen molar-refractivity contribution in [3.8, 4) is 0 Å². The highest BCUT2D eigenvalue weighted by atomic mass is 35.5. The number of nitrogens with one attached hydrogen (secondary N) is 1. The van der Waals surface area contributed by atoms with Gasteiger partial charge in [-0.3, -0.25) is 4.79 Å². The van der Waals surface area contributed by atoms with E-state index in [4.69, 9.17) is 5.73 Å². The molecule has 1 rings (SSSR count). The molecule has 3 N–H and O–H groups in total. The summed E-state index contributed by atoms with van der Waals surface area (Å²) in [5.74, 6) is -0.463. The second-order valence-corrected chi connectivity index (χ2v) is 2.20. The second kappa shape index (κ2) is 3.73. The van der Waals surface area contributed by atoms with Gasteiger partial charge in [0.15, 0.2) is 0 Å². The van der Waals surface area contributed by atoms with E-state index in [-0.39, 0.29) is 25.4 Å². The number of hydrogen-bond acceptors (Lipinski definition) is 2. The Morgan fingerprint density at radius 3 is 2.50 bits per heavy atom. The molecule has 10 heavy (non-hydrogen) atoms. The van der Waals surface area contributed by atoms with E-state index in [2.05, 4.69) is 5.32 Å². The summed E-state index contributed by atoms with van der Waals surface area (Å²) in [4.78, 5) is 10.3. The topological polar surface area (TPSA) is 55.1 Å². The molecular weight excluding hydrogens is 159 g/mol. The smallest absolute Gasteiger partial charge is 0.234 e. The molecule has 0 aliphatic carbocycles. The normalized spacial score (nSPS) is 31.3. The molecule has 0 aromatic heterocycles. The number of carbonyl (C=O) groups excluding carboxylic acids is 1. The fourth-order valence-electron chi connectivity index (χ4n) is 0.909. The zero-order chi connectivity index (χ0) is 6.85. The lowest BCUT2D eigenvalue weighted by atomic mass is 10.2. The monoisotopic (exact) mass is 168 g/mol. The molecule has 0 aromatic rings. The summed E-state index contributed by atoms with van der Waals surface area (Å²) < 4.78 is 12.3. The van der Waals surface area contributed by atoms with E-state index in [1.165, 1.54) is 0 Å². The van der Waals surface area contributed by atoms with Crippen LogP contribution in [-0.2, 0) is 4.79 Å². The van der Waals surface area contributed by atoms with Gasteiger partial charge in [-0.1, -0.05) is 0 Å². The molecule has 1 aliphatic heterocycles. The Morgan fingerprint density at radius 1 is 1.70 bits per heavy atom. The van der Waals surface area contributed by atoms with Crippen molar-refractivity contribution < 1.29 is 9.18 Å². The maximum atomic E-state index is 12.3. The molecule has 1 heterocycles. The van der Waals surface area contributed by atoms with Crippen LogP contribution in [0, 0.1) is 0 Å². The molecule has 1 saturated heterocycles. The van der Waals surface area contributed by atoms with Gasteiger partial charge in [-0.25, -0.2) is 4.39 Å². The van der Waals surface area contributed by atoms with Crippen LogP contribution < -0.4 is 11.1 Å². The first-order valence-electron chi connectivity index (χ1n) is 2.87. The summed E-state index contributed by atoms with van der Waals surface area (Å²) in [6, 6.07) is -0.444. The van der Waals surface area contributed by atoms with E-state index in [9.17, 15) is 9.18 Å². The minimum atomic E-state index is -0.900. The van der Waals surface area contributed by atoms with E-state index in [0.29, 0.717) is 0 Å². The molecule has 5 heteroatoms. The van der Waals surface area contributed by atoms with E-state index < -0.39 is 18.1 Å². The van der Waals surface area contributed by atoms with Crippen LogP contribution in [0.4, 0.5) is 4.39 Å². The van der Waals surface area contributed by atoms with Gasteiger partial charge in [0.1, 0.15) is 6.17 Å². The van der Waals surface area contributed by atoms with Gasteiger partial charge < -0.3 is 11.1 Å². The SMILES string of the molecule is Cl.NC(=O)[C@@H]1C[C@H](F)CN1. The third-order valence-electron chi connectivity index (χ3n) is 1.42. The predicted molar refractivity (Wildman–Crippen MR) is 37.7 cm³/mol. The molecule has 1 fully saturated rings. The number of rotatable bonds is 1. The molecule has 1 aliphatic rings. The van der Waals surface area contributed by atoms with Crippen LogP contribution in [0.3, 0.4) is 0 Å². The standard InChI is InChI=1S/C5H9FN2O.ClH/c6-3-1-4(5(7)9)8-2-3;/h3-4,8H,1-2H2,(H2,7,9);1H/t3-,4-;/m0./s1. The first-order chi connectivity index (χ1) is 4.20. The lowest BCUT2D eigenvalue weighted by Crippen LogP contribution is -2.36. The highest BCUT2D eigenvalue weighted by Gasteiger charge is 2.26. The average molecular weight is 169 g/mol. The van der Waals surface area contributed by atoms with Crippen molar-refractivity contribution in [2.45, 2.75) is 18.6 Å². The van der Waals surface area contributed by atoms with Crippen LogP contribution >= 0.6 is 12.4 Å². The molecule has 3 nitrogen and oxygen atoms in total. The average Bonchev–Trinajstić information content (AvgIpc) is 2.14. The number of amides is 1. The Morgan fingerprint density at radius 2 is 2.30 bits per heavy atom. The Balaban J connectivity index is 0.000000810. The van der Waals surface area contributed by atoms with Crippen LogP contribution in [-0.4, -0.2) is 24.7 Å². The number of hydrogen-bond donors (Lipinski definition) is 2. The number of halogens is 2. The predicted octanol–water partition coefficient (Wildman–Crippen LogP) is -0.407. The number of nitrogens with two attached hydrogens (primary N) is 1. The summed E-state index contributed by atoms with van der Waals surface area (Å²) in [5.41, 5.74) is 4.89. The van der Waals surface area contributed by atoms with E-state index >= 15 is 0 Å². The molecule has 0 saturated carbocycles. The fourth-order valence-corrected chi connectivity index (χ4v) is 0.909. The van der Waals surface area contributed by atoms with Crippen molar-refractivity contribution >= 4 is 18.3 Å². The van der Waals surface area contributed by atoms with Crippen LogP contribution in [0.1, 0.15) is 6.42 Å². The molecular formula is C5H10ClFN2O. The molecule has 0 spiro atoms. The minimum absolute atomic E-state index is 0. The van der Waals surface area contributed by atoms with Crippen molar-refractivity contribution in [2.75, 3.05) is 6.54 Å². The molecule has 0 bridgehead atoms. The fraction of sp³-hybridized carbons (Fsp3) is 0.800. The number of primary amides is 1. The third kappa shape index (κ3) is 2.11. The molecule has 60 valence electrons. The summed E-state index contributed by atoms with van der Waals surface area (Å²) in [7, 11) is 0. The largest absolute Gasteiger partial charge is 0.368 e. The molecule has 2 atom stereocenters. The Kier molecular flexibility index (Phi) is 3.60. The zero-order valence-electron chi connectivity index (χ0n) is 5.34. The number of carbonyl (C=O) groups is 1. The van der Waals surface area contributed by atoms with Crippen molar-refractivity contribution in [2.24, 2.45) is 5.73 Å². The summed E-state index contributed by atoms with van der Waals surface area (Å²) in [6.07, 6.45) is -0.669. The first-order valence-corrected chi connectivity index (χ1v) is 2.87. The van der Waals surface area contributed by atoms with Gasteiger partial charge in [-0.2, -0.15) is 0 Å². The van der Waals surface area contributed by atoms with Gasteiger partial charge in [0.25, 0.3) is 0 Å². The Hall–Kier alpha value is -0.350. The maximum absolute atomic E-state index is 12.3. The molecule has 1 amide bonds. The summed E-state index contributed by atoms with van der Waals surface area (Å²) in [6.45, 7) is 0.258. The summed E-state index contributed by atoms with van der Waals surface area (Å²) >= 11 is 0. The van der Waals surface area contributed by atoms with Crippen LogP contribution in [0.15, 0.2) is 0 Å². The Labute approximate surface area is 64.6 Å². The zero-order valence-corrected chi connectivity index (χ0v) is 6.16. The second-order valence-electron chi connectivity index (χ2n) is 2.20. The highest BCUT2D eigenvalue weighted by molar-refractivity contribution is 5.85. The molecule has 0 unspecified atom stereocenters. The van der Waals surface area contributed by atoms with Crippen molar-refractivity contribution in [3.05, 3.63) is 0 Å². The molecule has 0 radical (unpaired) electrons. The van der Waals surface area contributed by atoms with Crippen LogP contribution in [0.2, 0.25) is 0 Å². The lowest BCUT2D eigenvalue weighted by molar-refractivity contribution is -0.119. The van der Waals surface area contributed by atoms with Gasteiger partial charge in [0, 0.05) is 13.0 Å².